The summed E-state index contributed by atoms with van der Waals surface area (Å²) in [5.41, 5.74) is 5.81. The van der Waals surface area contributed by atoms with Crippen LogP contribution in [0.5, 0.6) is 0 Å². The molecule has 2 aromatic rings. The fourth-order valence-corrected chi connectivity index (χ4v) is 2.21. The molecule has 2 rings (SSSR count). The van der Waals surface area contributed by atoms with Crippen LogP contribution in [0.15, 0.2) is 48.5 Å². The van der Waals surface area contributed by atoms with Crippen molar-refractivity contribution in [3.63, 3.8) is 0 Å². The van der Waals surface area contributed by atoms with Gasteiger partial charge in [0.25, 0.3) is 5.91 Å². The van der Waals surface area contributed by atoms with Crippen molar-refractivity contribution in [3.05, 3.63) is 70.5 Å². The number of amides is 2. The summed E-state index contributed by atoms with van der Waals surface area (Å²) in [6, 6.07) is 11.4. The number of nitrogens with two attached hydrogens (primary N) is 1. The number of carbonyl (C=O) groups excluding carboxylic acids is 2. The first-order valence-corrected chi connectivity index (χ1v) is 6.95. The summed E-state index contributed by atoms with van der Waals surface area (Å²) >= 11 is 5.93. The van der Waals surface area contributed by atoms with Crippen LogP contribution in [-0.2, 0) is 11.2 Å². The predicted octanol–water partition coefficient (Wildman–Crippen LogP) is 2.31. The number of hydrogen-bond donors (Lipinski definition) is 2. The number of hydrogen-bond acceptors (Lipinski definition) is 2. The van der Waals surface area contributed by atoms with E-state index in [2.05, 4.69) is 5.32 Å². The Hall–Kier alpha value is -2.40. The van der Waals surface area contributed by atoms with Crippen LogP contribution in [-0.4, -0.2) is 17.9 Å². The first-order chi connectivity index (χ1) is 10.5. The van der Waals surface area contributed by atoms with Crippen molar-refractivity contribution >= 4 is 23.4 Å². The second kappa shape index (κ2) is 7.04. The Morgan fingerprint density at radius 2 is 1.77 bits per heavy atom. The van der Waals surface area contributed by atoms with Crippen molar-refractivity contribution < 1.29 is 14.0 Å². The molecule has 0 aliphatic carbocycles. The van der Waals surface area contributed by atoms with Crippen LogP contribution in [0.4, 0.5) is 4.39 Å². The van der Waals surface area contributed by atoms with Crippen molar-refractivity contribution in [2.45, 2.75) is 12.5 Å². The zero-order chi connectivity index (χ0) is 16.1. The molecule has 114 valence electrons. The average Bonchev–Trinajstić information content (AvgIpc) is 2.49. The molecule has 6 heteroatoms. The SMILES string of the molecule is NC(=O)[C@H](Cc1ccccc1F)NC(=O)c1ccccc1Cl. The molecule has 0 unspecified atom stereocenters. The van der Waals surface area contributed by atoms with E-state index in [4.69, 9.17) is 17.3 Å². The lowest BCUT2D eigenvalue weighted by Gasteiger charge is -2.16. The maximum absolute atomic E-state index is 13.7. The van der Waals surface area contributed by atoms with Gasteiger partial charge in [-0.25, -0.2) is 4.39 Å². The summed E-state index contributed by atoms with van der Waals surface area (Å²) in [6.45, 7) is 0. The normalized spacial score (nSPS) is 11.7. The van der Waals surface area contributed by atoms with Gasteiger partial charge in [-0.1, -0.05) is 41.9 Å². The zero-order valence-corrected chi connectivity index (χ0v) is 12.3. The summed E-state index contributed by atoms with van der Waals surface area (Å²) in [4.78, 5) is 23.7. The molecule has 22 heavy (non-hydrogen) atoms. The Balaban J connectivity index is 2.16. The molecule has 0 saturated heterocycles. The highest BCUT2D eigenvalue weighted by Crippen LogP contribution is 2.15. The third-order valence-electron chi connectivity index (χ3n) is 3.15. The maximum atomic E-state index is 13.7. The molecule has 0 saturated carbocycles. The van der Waals surface area contributed by atoms with Crippen LogP contribution < -0.4 is 11.1 Å². The van der Waals surface area contributed by atoms with Crippen molar-refractivity contribution in [3.8, 4) is 0 Å². The molecule has 1 atom stereocenters. The summed E-state index contributed by atoms with van der Waals surface area (Å²) in [7, 11) is 0. The van der Waals surface area contributed by atoms with Gasteiger partial charge in [0.05, 0.1) is 10.6 Å². The van der Waals surface area contributed by atoms with Crippen LogP contribution in [0.1, 0.15) is 15.9 Å². The van der Waals surface area contributed by atoms with E-state index in [0.29, 0.717) is 5.56 Å². The standard InChI is InChI=1S/C16H14ClFN2O2/c17-12-7-3-2-6-11(12)16(22)20-14(15(19)21)9-10-5-1-4-8-13(10)18/h1-8,14H,9H2,(H2,19,21)(H,20,22)/t14-/m0/s1. The van der Waals surface area contributed by atoms with Crippen LogP contribution in [0.25, 0.3) is 0 Å². The molecule has 0 aromatic heterocycles. The first kappa shape index (κ1) is 16.0. The van der Waals surface area contributed by atoms with Gasteiger partial charge >= 0.3 is 0 Å². The highest BCUT2D eigenvalue weighted by atomic mass is 35.5. The molecule has 3 N–H and O–H groups in total. The minimum absolute atomic E-state index is 0.0296. The van der Waals surface area contributed by atoms with Gasteiger partial charge in [-0.3, -0.25) is 9.59 Å². The van der Waals surface area contributed by atoms with Crippen LogP contribution >= 0.6 is 11.6 Å². The van der Waals surface area contributed by atoms with E-state index in [-0.39, 0.29) is 17.0 Å². The third kappa shape index (κ3) is 3.83. The molecular formula is C16H14ClFN2O2. The monoisotopic (exact) mass is 320 g/mol. The van der Waals surface area contributed by atoms with Gasteiger partial charge in [0.1, 0.15) is 11.9 Å². The van der Waals surface area contributed by atoms with E-state index in [1.165, 1.54) is 18.2 Å². The molecule has 2 aromatic carbocycles. The van der Waals surface area contributed by atoms with E-state index in [0.717, 1.165) is 0 Å². The number of rotatable bonds is 5. The highest BCUT2D eigenvalue weighted by molar-refractivity contribution is 6.33. The number of carbonyl (C=O) groups is 2. The Labute approximate surface area is 132 Å². The largest absolute Gasteiger partial charge is 0.368 e. The molecule has 0 aliphatic heterocycles. The van der Waals surface area contributed by atoms with Crippen LogP contribution in [0.2, 0.25) is 5.02 Å². The topological polar surface area (TPSA) is 72.2 Å². The lowest BCUT2D eigenvalue weighted by atomic mass is 10.0. The minimum Gasteiger partial charge on any atom is -0.368 e. The van der Waals surface area contributed by atoms with Crippen LogP contribution in [0, 0.1) is 5.82 Å². The lowest BCUT2D eigenvalue weighted by molar-refractivity contribution is -0.119. The van der Waals surface area contributed by atoms with Gasteiger partial charge < -0.3 is 11.1 Å². The van der Waals surface area contributed by atoms with Crippen molar-refractivity contribution in [1.29, 1.82) is 0 Å². The third-order valence-corrected chi connectivity index (χ3v) is 3.48. The second-order valence-electron chi connectivity index (χ2n) is 4.70. The maximum Gasteiger partial charge on any atom is 0.253 e. The Kier molecular flexibility index (Phi) is 5.12. The Morgan fingerprint density at radius 1 is 1.14 bits per heavy atom. The van der Waals surface area contributed by atoms with Gasteiger partial charge in [-0.2, -0.15) is 0 Å². The quantitative estimate of drug-likeness (QED) is 0.887. The van der Waals surface area contributed by atoms with E-state index in [9.17, 15) is 14.0 Å². The molecule has 0 heterocycles. The van der Waals surface area contributed by atoms with Crippen molar-refractivity contribution in [2.75, 3.05) is 0 Å². The molecule has 0 aliphatic rings. The van der Waals surface area contributed by atoms with E-state index >= 15 is 0 Å². The molecule has 2 amide bonds. The second-order valence-corrected chi connectivity index (χ2v) is 5.11. The first-order valence-electron chi connectivity index (χ1n) is 6.57. The number of benzene rings is 2. The summed E-state index contributed by atoms with van der Waals surface area (Å²) in [5, 5.41) is 2.74. The molecule has 0 spiro atoms. The Morgan fingerprint density at radius 3 is 2.41 bits per heavy atom. The van der Waals surface area contributed by atoms with E-state index in [1.54, 1.807) is 30.3 Å². The van der Waals surface area contributed by atoms with Crippen molar-refractivity contribution in [1.82, 2.24) is 5.32 Å². The summed E-state index contributed by atoms with van der Waals surface area (Å²) < 4.78 is 13.7. The molecule has 0 fully saturated rings. The number of nitrogens with one attached hydrogen (secondary N) is 1. The smallest absolute Gasteiger partial charge is 0.253 e. The molecule has 0 bridgehead atoms. The zero-order valence-electron chi connectivity index (χ0n) is 11.6. The summed E-state index contributed by atoms with van der Waals surface area (Å²) in [5.74, 6) is -1.74. The predicted molar refractivity (Wildman–Crippen MR) is 82.0 cm³/mol. The molecular weight excluding hydrogens is 307 g/mol. The minimum atomic E-state index is -1.03. The van der Waals surface area contributed by atoms with Gasteiger partial charge in [-0.05, 0) is 23.8 Å². The number of halogens is 2. The summed E-state index contributed by atoms with van der Waals surface area (Å²) in [6.07, 6.45) is -0.0296. The number of primary amides is 1. The molecule has 4 nitrogen and oxygen atoms in total. The lowest BCUT2D eigenvalue weighted by Crippen LogP contribution is -2.46. The van der Waals surface area contributed by atoms with E-state index in [1.807, 2.05) is 0 Å². The average molecular weight is 321 g/mol. The van der Waals surface area contributed by atoms with Gasteiger partial charge in [-0.15, -0.1) is 0 Å². The van der Waals surface area contributed by atoms with E-state index < -0.39 is 23.7 Å². The van der Waals surface area contributed by atoms with Crippen LogP contribution in [0.3, 0.4) is 0 Å². The van der Waals surface area contributed by atoms with Gasteiger partial charge in [0, 0.05) is 6.42 Å². The van der Waals surface area contributed by atoms with Gasteiger partial charge in [0.15, 0.2) is 0 Å². The highest BCUT2D eigenvalue weighted by Gasteiger charge is 2.21. The Bertz CT molecular complexity index is 706. The fourth-order valence-electron chi connectivity index (χ4n) is 1.99. The fraction of sp³-hybridized carbons (Fsp3) is 0.125. The molecule has 0 radical (unpaired) electrons. The van der Waals surface area contributed by atoms with Crippen molar-refractivity contribution in [2.24, 2.45) is 5.73 Å². The van der Waals surface area contributed by atoms with Gasteiger partial charge in [0.2, 0.25) is 5.91 Å².